The van der Waals surface area contributed by atoms with Crippen molar-refractivity contribution in [1.29, 1.82) is 0 Å². The number of nitrogens with one attached hydrogen (secondary N) is 2. The minimum Gasteiger partial charge on any atom is -0.366 e. The zero-order chi connectivity index (χ0) is 16.9. The average Bonchev–Trinajstić information content (AvgIpc) is 3.04. The number of benzene rings is 1. The number of rotatable bonds is 6. The third kappa shape index (κ3) is 4.10. The molecule has 0 aromatic heterocycles. The first kappa shape index (κ1) is 17.3. The van der Waals surface area contributed by atoms with Crippen LogP contribution in [0.4, 0.5) is 5.69 Å². The van der Waals surface area contributed by atoms with Crippen molar-refractivity contribution in [3.63, 3.8) is 0 Å². The van der Waals surface area contributed by atoms with Crippen LogP contribution in [0.1, 0.15) is 38.7 Å². The Bertz CT molecular complexity index is 554. The highest BCUT2D eigenvalue weighted by Crippen LogP contribution is 2.29. The molecule has 2 unspecified atom stereocenters. The van der Waals surface area contributed by atoms with Crippen LogP contribution in [-0.2, 0) is 11.2 Å². The lowest BCUT2D eigenvalue weighted by Crippen LogP contribution is -2.42. The van der Waals surface area contributed by atoms with Crippen molar-refractivity contribution >= 4 is 11.6 Å². The molecule has 4 nitrogen and oxygen atoms in total. The zero-order valence-corrected chi connectivity index (χ0v) is 15.1. The van der Waals surface area contributed by atoms with E-state index in [2.05, 4.69) is 53.6 Å². The van der Waals surface area contributed by atoms with E-state index in [1.54, 1.807) is 0 Å². The number of fused-ring (bicyclic) bond motifs is 1. The van der Waals surface area contributed by atoms with Gasteiger partial charge in [0.15, 0.2) is 0 Å². The molecule has 4 heteroatoms. The van der Waals surface area contributed by atoms with Gasteiger partial charge < -0.3 is 15.5 Å². The summed E-state index contributed by atoms with van der Waals surface area (Å²) in [6.45, 7) is 8.42. The maximum Gasteiger partial charge on any atom is 0.220 e. The van der Waals surface area contributed by atoms with E-state index in [9.17, 15) is 4.79 Å². The number of hydrogen-bond acceptors (Lipinski definition) is 3. The van der Waals surface area contributed by atoms with Gasteiger partial charge in [-0.15, -0.1) is 0 Å². The monoisotopic (exact) mass is 329 g/mol. The fraction of sp³-hybridized carbons (Fsp3) is 0.650. The molecule has 0 bridgehead atoms. The van der Waals surface area contributed by atoms with E-state index in [4.69, 9.17) is 0 Å². The molecule has 132 valence electrons. The summed E-state index contributed by atoms with van der Waals surface area (Å²) in [5, 5.41) is 6.56. The smallest absolute Gasteiger partial charge is 0.220 e. The van der Waals surface area contributed by atoms with Gasteiger partial charge in [0, 0.05) is 31.2 Å². The van der Waals surface area contributed by atoms with Gasteiger partial charge in [-0.2, -0.15) is 0 Å². The minimum absolute atomic E-state index is 0.209. The molecule has 2 aliphatic rings. The predicted molar refractivity (Wildman–Crippen MR) is 99.3 cm³/mol. The quantitative estimate of drug-likeness (QED) is 0.843. The van der Waals surface area contributed by atoms with E-state index in [1.165, 1.54) is 24.1 Å². The summed E-state index contributed by atoms with van der Waals surface area (Å²) >= 11 is 0. The third-order valence-electron chi connectivity index (χ3n) is 5.75. The summed E-state index contributed by atoms with van der Waals surface area (Å²) in [6.07, 6.45) is 4.18. The van der Waals surface area contributed by atoms with E-state index >= 15 is 0 Å². The summed E-state index contributed by atoms with van der Waals surface area (Å²) in [4.78, 5) is 14.7. The van der Waals surface area contributed by atoms with Gasteiger partial charge in [0.05, 0.1) is 0 Å². The Hall–Kier alpha value is -1.55. The first-order valence-electron chi connectivity index (χ1n) is 9.47. The molecule has 2 heterocycles. The molecule has 3 rings (SSSR count). The Morgan fingerprint density at radius 3 is 2.83 bits per heavy atom. The normalized spacial score (nSPS) is 20.5. The number of para-hydroxylation sites is 1. The molecule has 0 saturated carbocycles. The highest BCUT2D eigenvalue weighted by atomic mass is 16.1. The van der Waals surface area contributed by atoms with Crippen LogP contribution in [0.2, 0.25) is 0 Å². The van der Waals surface area contributed by atoms with Crippen molar-refractivity contribution in [3.8, 4) is 0 Å². The Morgan fingerprint density at radius 2 is 2.04 bits per heavy atom. The minimum atomic E-state index is 0.209. The van der Waals surface area contributed by atoms with Crippen LogP contribution < -0.4 is 15.5 Å². The topological polar surface area (TPSA) is 44.4 Å². The molecular formula is C20H31N3O. The summed E-state index contributed by atoms with van der Waals surface area (Å²) in [7, 11) is 0. The molecule has 2 aliphatic heterocycles. The van der Waals surface area contributed by atoms with E-state index in [0.29, 0.717) is 24.3 Å². The highest BCUT2D eigenvalue weighted by molar-refractivity contribution is 5.76. The molecule has 1 aromatic rings. The van der Waals surface area contributed by atoms with E-state index < -0.39 is 0 Å². The number of anilines is 1. The molecule has 1 fully saturated rings. The van der Waals surface area contributed by atoms with Gasteiger partial charge in [0.2, 0.25) is 5.91 Å². The number of carbonyl (C=O) groups is 1. The fourth-order valence-corrected chi connectivity index (χ4v) is 4.14. The molecule has 0 radical (unpaired) electrons. The van der Waals surface area contributed by atoms with Gasteiger partial charge in [0.25, 0.3) is 0 Å². The summed E-state index contributed by atoms with van der Waals surface area (Å²) < 4.78 is 0. The summed E-state index contributed by atoms with van der Waals surface area (Å²) in [5.74, 6) is 1.38. The number of amides is 1. The predicted octanol–water partition coefficient (Wildman–Crippen LogP) is 2.58. The lowest BCUT2D eigenvalue weighted by atomic mass is 9.84. The van der Waals surface area contributed by atoms with Gasteiger partial charge in [0.1, 0.15) is 0 Å². The Balaban J connectivity index is 1.44. The van der Waals surface area contributed by atoms with Crippen molar-refractivity contribution in [2.24, 2.45) is 11.8 Å². The van der Waals surface area contributed by atoms with Gasteiger partial charge in [-0.05, 0) is 62.7 Å². The largest absolute Gasteiger partial charge is 0.366 e. The van der Waals surface area contributed by atoms with Gasteiger partial charge in [-0.3, -0.25) is 4.79 Å². The zero-order valence-electron chi connectivity index (χ0n) is 15.1. The van der Waals surface area contributed by atoms with Crippen molar-refractivity contribution in [2.45, 2.75) is 45.6 Å². The fourth-order valence-electron chi connectivity index (χ4n) is 4.14. The van der Waals surface area contributed by atoms with Gasteiger partial charge in [-0.1, -0.05) is 25.1 Å². The SMILES string of the molecule is CC(CC(=O)NCC(C)N1CCc2ccccc21)C1CCNCC1. The van der Waals surface area contributed by atoms with Crippen molar-refractivity contribution in [2.75, 3.05) is 31.1 Å². The Kier molecular flexibility index (Phi) is 5.77. The number of hydrogen-bond donors (Lipinski definition) is 2. The van der Waals surface area contributed by atoms with Gasteiger partial charge in [-0.25, -0.2) is 0 Å². The molecule has 1 saturated heterocycles. The Labute approximate surface area is 146 Å². The second-order valence-corrected chi connectivity index (χ2v) is 7.49. The maximum atomic E-state index is 12.3. The molecule has 0 spiro atoms. The second kappa shape index (κ2) is 8.02. The van der Waals surface area contributed by atoms with Crippen LogP contribution in [-0.4, -0.2) is 38.1 Å². The van der Waals surface area contributed by atoms with E-state index in [0.717, 1.165) is 32.6 Å². The molecule has 2 atom stereocenters. The standard InChI is InChI=1S/C20H31N3O/c1-15(17-7-10-21-11-8-17)13-20(24)22-14-16(2)23-12-9-18-5-3-4-6-19(18)23/h3-6,15-17,21H,7-14H2,1-2H3,(H,22,24). The van der Waals surface area contributed by atoms with Crippen molar-refractivity contribution in [3.05, 3.63) is 29.8 Å². The first-order valence-corrected chi connectivity index (χ1v) is 9.47. The molecule has 2 N–H and O–H groups in total. The third-order valence-corrected chi connectivity index (χ3v) is 5.75. The molecule has 0 aliphatic carbocycles. The molecule has 1 aromatic carbocycles. The summed E-state index contributed by atoms with van der Waals surface area (Å²) in [6, 6.07) is 8.95. The number of piperidine rings is 1. The molecule has 24 heavy (non-hydrogen) atoms. The van der Waals surface area contributed by atoms with Crippen LogP contribution in [0.5, 0.6) is 0 Å². The van der Waals surface area contributed by atoms with Crippen LogP contribution in [0.25, 0.3) is 0 Å². The number of nitrogens with zero attached hydrogens (tertiary/aromatic N) is 1. The lowest BCUT2D eigenvalue weighted by molar-refractivity contribution is -0.122. The Morgan fingerprint density at radius 1 is 1.29 bits per heavy atom. The first-order chi connectivity index (χ1) is 11.6. The second-order valence-electron chi connectivity index (χ2n) is 7.49. The molecular weight excluding hydrogens is 298 g/mol. The van der Waals surface area contributed by atoms with Crippen LogP contribution in [0.15, 0.2) is 24.3 Å². The maximum absolute atomic E-state index is 12.3. The van der Waals surface area contributed by atoms with Crippen molar-refractivity contribution < 1.29 is 4.79 Å². The van der Waals surface area contributed by atoms with E-state index in [-0.39, 0.29) is 5.91 Å². The average molecular weight is 329 g/mol. The van der Waals surface area contributed by atoms with E-state index in [1.807, 2.05) is 0 Å². The van der Waals surface area contributed by atoms with Crippen LogP contribution >= 0.6 is 0 Å². The van der Waals surface area contributed by atoms with Crippen molar-refractivity contribution in [1.82, 2.24) is 10.6 Å². The highest BCUT2D eigenvalue weighted by Gasteiger charge is 2.24. The van der Waals surface area contributed by atoms with Crippen LogP contribution in [0, 0.1) is 11.8 Å². The molecule has 1 amide bonds. The van der Waals surface area contributed by atoms with Gasteiger partial charge >= 0.3 is 0 Å². The lowest BCUT2D eigenvalue weighted by Gasteiger charge is -2.29. The van der Waals surface area contributed by atoms with Crippen LogP contribution in [0.3, 0.4) is 0 Å². The number of carbonyl (C=O) groups excluding carboxylic acids is 1. The summed E-state index contributed by atoms with van der Waals surface area (Å²) in [5.41, 5.74) is 2.76.